The molecule has 0 spiro atoms. The van der Waals surface area contributed by atoms with Gasteiger partial charge in [-0.3, -0.25) is 9.59 Å². The number of aryl methyl sites for hydroxylation is 2. The molecule has 2 aromatic carbocycles. The Hall–Kier alpha value is -3.34. The Labute approximate surface area is 182 Å². The molecule has 5 nitrogen and oxygen atoms in total. The van der Waals surface area contributed by atoms with Crippen LogP contribution in [0.1, 0.15) is 57.7 Å². The van der Waals surface area contributed by atoms with Crippen LogP contribution in [0.3, 0.4) is 0 Å². The van der Waals surface area contributed by atoms with E-state index in [0.29, 0.717) is 17.5 Å². The molecule has 1 aliphatic rings. The molecule has 4 rings (SSSR count). The van der Waals surface area contributed by atoms with Crippen LogP contribution in [0.4, 0.5) is 0 Å². The third kappa shape index (κ3) is 4.55. The van der Waals surface area contributed by atoms with Crippen molar-refractivity contribution in [3.05, 3.63) is 98.0 Å². The molecule has 0 saturated carbocycles. The zero-order chi connectivity index (χ0) is 22.2. The van der Waals surface area contributed by atoms with Gasteiger partial charge in [0.1, 0.15) is 11.4 Å². The Morgan fingerprint density at radius 2 is 1.87 bits per heavy atom. The Bertz CT molecular complexity index is 1190. The second-order valence-corrected chi connectivity index (χ2v) is 8.95. The summed E-state index contributed by atoms with van der Waals surface area (Å²) in [6, 6.07) is 15.9. The molecule has 1 aliphatic heterocycles. The van der Waals surface area contributed by atoms with Crippen molar-refractivity contribution in [2.75, 3.05) is 0 Å². The summed E-state index contributed by atoms with van der Waals surface area (Å²) in [4.78, 5) is 28.1. The normalized spacial score (nSPS) is 14.1. The number of H-pyrrole nitrogens is 1. The standard InChI is InChI=1S/C26H28N2O3/c1-16-10-17(2)28-25(30)22(16)15-27-24(29)20-12-19(11-18-8-6-5-7-9-18)23-21(13-20)14-26(3,4)31-23/h5-10,12-13H,11,14-15H2,1-4H3,(H,27,29)(H,28,30). The van der Waals surface area contributed by atoms with E-state index in [1.54, 1.807) is 0 Å². The highest BCUT2D eigenvalue weighted by molar-refractivity contribution is 5.95. The van der Waals surface area contributed by atoms with Gasteiger partial charge in [-0.15, -0.1) is 0 Å². The van der Waals surface area contributed by atoms with Crippen molar-refractivity contribution in [2.24, 2.45) is 0 Å². The number of pyridine rings is 1. The Morgan fingerprint density at radius 1 is 1.13 bits per heavy atom. The lowest BCUT2D eigenvalue weighted by Crippen LogP contribution is -2.28. The number of aromatic amines is 1. The van der Waals surface area contributed by atoms with Crippen molar-refractivity contribution in [1.82, 2.24) is 10.3 Å². The molecule has 1 amide bonds. The number of rotatable bonds is 5. The Balaban J connectivity index is 1.62. The van der Waals surface area contributed by atoms with Crippen LogP contribution < -0.4 is 15.6 Å². The average Bonchev–Trinajstić information content (AvgIpc) is 3.02. The van der Waals surface area contributed by atoms with Gasteiger partial charge in [0.05, 0.1) is 0 Å². The van der Waals surface area contributed by atoms with Gasteiger partial charge in [0.25, 0.3) is 11.5 Å². The highest BCUT2D eigenvalue weighted by Crippen LogP contribution is 2.39. The molecule has 0 atom stereocenters. The minimum atomic E-state index is -0.296. The van der Waals surface area contributed by atoms with Crippen molar-refractivity contribution in [1.29, 1.82) is 0 Å². The molecule has 5 heteroatoms. The number of nitrogens with one attached hydrogen (secondary N) is 2. The minimum absolute atomic E-state index is 0.160. The van der Waals surface area contributed by atoms with E-state index < -0.39 is 0 Å². The van der Waals surface area contributed by atoms with Crippen LogP contribution in [0.5, 0.6) is 5.75 Å². The summed E-state index contributed by atoms with van der Waals surface area (Å²) in [7, 11) is 0. The molecule has 0 radical (unpaired) electrons. The van der Waals surface area contributed by atoms with Gasteiger partial charge in [0.2, 0.25) is 0 Å². The fourth-order valence-corrected chi connectivity index (χ4v) is 4.24. The largest absolute Gasteiger partial charge is 0.487 e. The molecule has 0 bridgehead atoms. The van der Waals surface area contributed by atoms with Gasteiger partial charge in [-0.2, -0.15) is 0 Å². The molecule has 2 heterocycles. The second-order valence-electron chi connectivity index (χ2n) is 8.95. The van der Waals surface area contributed by atoms with E-state index in [9.17, 15) is 9.59 Å². The molecule has 31 heavy (non-hydrogen) atoms. The van der Waals surface area contributed by atoms with E-state index in [1.807, 2.05) is 50.2 Å². The third-order valence-electron chi connectivity index (χ3n) is 5.66. The first kappa shape index (κ1) is 20.9. The first-order valence-corrected chi connectivity index (χ1v) is 10.6. The van der Waals surface area contributed by atoms with Crippen molar-refractivity contribution in [3.8, 4) is 5.75 Å². The summed E-state index contributed by atoms with van der Waals surface area (Å²) in [5.74, 6) is 0.692. The number of fused-ring (bicyclic) bond motifs is 1. The van der Waals surface area contributed by atoms with Crippen LogP contribution in [0.2, 0.25) is 0 Å². The average molecular weight is 417 g/mol. The molecule has 3 aromatic rings. The summed E-state index contributed by atoms with van der Waals surface area (Å²) in [5, 5.41) is 2.92. The minimum Gasteiger partial charge on any atom is -0.487 e. The predicted octanol–water partition coefficient (Wildman–Crippen LogP) is 4.23. The lowest BCUT2D eigenvalue weighted by molar-refractivity contribution is 0.0950. The number of benzene rings is 2. The first-order chi connectivity index (χ1) is 14.7. The van der Waals surface area contributed by atoms with Crippen LogP contribution in [0.15, 0.2) is 53.3 Å². The number of ether oxygens (including phenoxy) is 1. The number of carbonyl (C=O) groups is 1. The van der Waals surface area contributed by atoms with Gasteiger partial charge >= 0.3 is 0 Å². The van der Waals surface area contributed by atoms with Gasteiger partial charge in [0.15, 0.2) is 0 Å². The zero-order valence-corrected chi connectivity index (χ0v) is 18.5. The highest BCUT2D eigenvalue weighted by atomic mass is 16.5. The van der Waals surface area contributed by atoms with E-state index in [2.05, 4.69) is 36.3 Å². The maximum Gasteiger partial charge on any atom is 0.253 e. The monoisotopic (exact) mass is 416 g/mol. The quantitative estimate of drug-likeness (QED) is 0.654. The molecule has 0 saturated heterocycles. The summed E-state index contributed by atoms with van der Waals surface area (Å²) in [5.41, 5.74) is 5.61. The van der Waals surface area contributed by atoms with E-state index in [-0.39, 0.29) is 23.6 Å². The van der Waals surface area contributed by atoms with Crippen LogP contribution in [-0.2, 0) is 19.4 Å². The van der Waals surface area contributed by atoms with Crippen molar-refractivity contribution >= 4 is 5.91 Å². The smallest absolute Gasteiger partial charge is 0.253 e. The maximum absolute atomic E-state index is 13.0. The summed E-state index contributed by atoms with van der Waals surface area (Å²) in [6.45, 7) is 8.04. The molecule has 2 N–H and O–H groups in total. The molecule has 0 fully saturated rings. The summed E-state index contributed by atoms with van der Waals surface area (Å²) in [6.07, 6.45) is 1.44. The van der Waals surface area contributed by atoms with E-state index in [1.165, 1.54) is 0 Å². The van der Waals surface area contributed by atoms with Gasteiger partial charge in [0, 0.05) is 36.2 Å². The van der Waals surface area contributed by atoms with Crippen LogP contribution >= 0.6 is 0 Å². The van der Waals surface area contributed by atoms with Gasteiger partial charge in [-0.25, -0.2) is 0 Å². The third-order valence-corrected chi connectivity index (χ3v) is 5.66. The van der Waals surface area contributed by atoms with E-state index in [0.717, 1.165) is 40.1 Å². The number of aromatic nitrogens is 1. The number of amides is 1. The molecule has 1 aromatic heterocycles. The maximum atomic E-state index is 13.0. The molecule has 0 aliphatic carbocycles. The molecule has 0 unspecified atom stereocenters. The van der Waals surface area contributed by atoms with Crippen LogP contribution in [0, 0.1) is 13.8 Å². The fraction of sp³-hybridized carbons (Fsp3) is 0.308. The van der Waals surface area contributed by atoms with Gasteiger partial charge in [-0.1, -0.05) is 30.3 Å². The topological polar surface area (TPSA) is 71.2 Å². The van der Waals surface area contributed by atoms with E-state index in [4.69, 9.17) is 4.74 Å². The predicted molar refractivity (Wildman–Crippen MR) is 122 cm³/mol. The number of hydrogen-bond acceptors (Lipinski definition) is 3. The Kier molecular flexibility index (Phi) is 5.44. The van der Waals surface area contributed by atoms with Crippen molar-refractivity contribution < 1.29 is 9.53 Å². The lowest BCUT2D eigenvalue weighted by atomic mass is 9.95. The van der Waals surface area contributed by atoms with Crippen molar-refractivity contribution in [3.63, 3.8) is 0 Å². The summed E-state index contributed by atoms with van der Waals surface area (Å²) >= 11 is 0. The molecule has 160 valence electrons. The van der Waals surface area contributed by atoms with Crippen LogP contribution in [-0.4, -0.2) is 16.5 Å². The second kappa shape index (κ2) is 8.06. The van der Waals surface area contributed by atoms with Crippen molar-refractivity contribution in [2.45, 2.75) is 52.7 Å². The number of carbonyl (C=O) groups excluding carboxylic acids is 1. The van der Waals surface area contributed by atoms with Gasteiger partial charge in [-0.05, 0) is 68.1 Å². The van der Waals surface area contributed by atoms with E-state index >= 15 is 0 Å². The molecular formula is C26H28N2O3. The molecular weight excluding hydrogens is 388 g/mol. The zero-order valence-electron chi connectivity index (χ0n) is 18.5. The first-order valence-electron chi connectivity index (χ1n) is 10.6. The SMILES string of the molecule is Cc1cc(C)c(CNC(=O)c2cc(Cc3ccccc3)c3c(c2)CC(C)(C)O3)c(=O)[nH]1. The van der Waals surface area contributed by atoms with Gasteiger partial charge < -0.3 is 15.0 Å². The number of hydrogen-bond donors (Lipinski definition) is 2. The summed E-state index contributed by atoms with van der Waals surface area (Å²) < 4.78 is 6.23. The lowest BCUT2D eigenvalue weighted by Gasteiger charge is -2.18. The van der Waals surface area contributed by atoms with Crippen LogP contribution in [0.25, 0.3) is 0 Å². The highest BCUT2D eigenvalue weighted by Gasteiger charge is 2.32. The fourth-order valence-electron chi connectivity index (χ4n) is 4.24. The Morgan fingerprint density at radius 3 is 2.58 bits per heavy atom.